The maximum Gasteiger partial charge on any atom is 0.264 e. The van der Waals surface area contributed by atoms with Gasteiger partial charge in [0.15, 0.2) is 0 Å². The van der Waals surface area contributed by atoms with Crippen LogP contribution < -0.4 is 10.2 Å². The van der Waals surface area contributed by atoms with Crippen molar-refractivity contribution in [3.63, 3.8) is 0 Å². The Morgan fingerprint density at radius 1 is 1.09 bits per heavy atom. The Bertz CT molecular complexity index is 1020. The summed E-state index contributed by atoms with van der Waals surface area (Å²) in [6, 6.07) is 8.68. The summed E-state index contributed by atoms with van der Waals surface area (Å²) in [7, 11) is -3.48. The van der Waals surface area contributed by atoms with Gasteiger partial charge in [-0.1, -0.05) is 12.1 Å². The monoisotopic (exact) mass is 477 g/mol. The number of rotatable bonds is 7. The highest BCUT2D eigenvalue weighted by molar-refractivity contribution is 7.89. The lowest BCUT2D eigenvalue weighted by atomic mass is 10.2. The van der Waals surface area contributed by atoms with Gasteiger partial charge in [-0.3, -0.25) is 9.59 Å². The van der Waals surface area contributed by atoms with Crippen molar-refractivity contribution in [3.05, 3.63) is 46.8 Å². The summed E-state index contributed by atoms with van der Waals surface area (Å²) in [6.07, 6.45) is 3.07. The van der Waals surface area contributed by atoms with Crippen LogP contribution in [0.15, 0.2) is 41.9 Å². The number of hydrogen-bond donors (Lipinski definition) is 1. The van der Waals surface area contributed by atoms with Gasteiger partial charge in [-0.15, -0.1) is 11.3 Å². The zero-order valence-corrected chi connectivity index (χ0v) is 19.4. The van der Waals surface area contributed by atoms with E-state index >= 15 is 0 Å². The fourth-order valence-corrected chi connectivity index (χ4v) is 6.13. The van der Waals surface area contributed by atoms with E-state index in [1.165, 1.54) is 15.6 Å². The molecule has 2 saturated heterocycles. The van der Waals surface area contributed by atoms with Crippen molar-refractivity contribution < 1.29 is 18.0 Å². The van der Waals surface area contributed by atoms with Crippen LogP contribution in [0, 0.1) is 0 Å². The first kappa shape index (κ1) is 22.7. The molecule has 4 rings (SSSR count). The Morgan fingerprint density at radius 3 is 2.59 bits per heavy atom. The quantitative estimate of drug-likeness (QED) is 0.639. The fourth-order valence-electron chi connectivity index (χ4n) is 4.11. The van der Waals surface area contributed by atoms with Crippen molar-refractivity contribution in [1.82, 2.24) is 19.5 Å². The lowest BCUT2D eigenvalue weighted by molar-refractivity contribution is -0.124. The fraction of sp³-hybridized carbons (Fsp3) is 0.476. The van der Waals surface area contributed by atoms with Crippen molar-refractivity contribution in [2.75, 3.05) is 49.9 Å². The summed E-state index contributed by atoms with van der Waals surface area (Å²) in [4.78, 5) is 33.9. The molecule has 2 aliphatic heterocycles. The van der Waals surface area contributed by atoms with Crippen LogP contribution in [0.1, 0.15) is 22.5 Å². The molecule has 0 spiro atoms. The number of aromatic nitrogens is 1. The number of anilines is 1. The molecule has 11 heteroatoms. The molecule has 0 saturated carbocycles. The van der Waals surface area contributed by atoms with E-state index in [0.717, 1.165) is 12.2 Å². The third-order valence-corrected chi connectivity index (χ3v) is 8.54. The second-order valence-corrected chi connectivity index (χ2v) is 10.9. The Labute approximate surface area is 192 Å². The molecule has 0 aliphatic carbocycles. The molecule has 172 valence electrons. The Kier molecular flexibility index (Phi) is 7.07. The highest BCUT2D eigenvalue weighted by atomic mass is 32.2. The third kappa shape index (κ3) is 5.11. The van der Waals surface area contributed by atoms with Gasteiger partial charge in [0.2, 0.25) is 15.9 Å². The predicted octanol–water partition coefficient (Wildman–Crippen LogP) is 1.02. The lowest BCUT2D eigenvalue weighted by Crippen LogP contribution is -2.51. The Hall–Kier alpha value is -2.50. The molecule has 0 unspecified atom stereocenters. The molecule has 0 aromatic carbocycles. The molecule has 2 fully saturated rings. The van der Waals surface area contributed by atoms with Crippen LogP contribution in [-0.4, -0.2) is 85.5 Å². The molecule has 0 bridgehead atoms. The lowest BCUT2D eigenvalue weighted by Gasteiger charge is -2.34. The minimum Gasteiger partial charge on any atom is -0.354 e. The standard InChI is InChI=1S/C21H27N5O4S2/c27-20(17-5-3-10-26(17)21(28)18-6-4-15-31-18)23-9-16-32(29,30)25-13-11-24(12-14-25)19-7-1-2-8-22-19/h1-2,4,6-8,15,17H,3,5,9-14,16H2,(H,23,27)/t17-/m0/s1. The smallest absolute Gasteiger partial charge is 0.264 e. The summed E-state index contributed by atoms with van der Waals surface area (Å²) in [5.74, 6) is 0.252. The number of piperazine rings is 1. The number of nitrogens with one attached hydrogen (secondary N) is 1. The second-order valence-electron chi connectivity index (χ2n) is 7.81. The third-order valence-electron chi connectivity index (χ3n) is 5.81. The van der Waals surface area contributed by atoms with Crippen LogP contribution in [0.2, 0.25) is 0 Å². The summed E-state index contributed by atoms with van der Waals surface area (Å²) in [6.45, 7) is 2.49. The minimum atomic E-state index is -3.48. The van der Waals surface area contributed by atoms with E-state index in [1.807, 2.05) is 29.6 Å². The van der Waals surface area contributed by atoms with Crippen molar-refractivity contribution in [3.8, 4) is 0 Å². The molecular formula is C21H27N5O4S2. The summed E-state index contributed by atoms with van der Waals surface area (Å²) < 4.78 is 26.9. The summed E-state index contributed by atoms with van der Waals surface area (Å²) in [5, 5.41) is 4.56. The first-order valence-electron chi connectivity index (χ1n) is 10.7. The number of sulfonamides is 1. The van der Waals surface area contributed by atoms with Gasteiger partial charge in [0, 0.05) is 45.5 Å². The van der Waals surface area contributed by atoms with Crippen LogP contribution in [0.4, 0.5) is 5.82 Å². The highest BCUT2D eigenvalue weighted by Crippen LogP contribution is 2.22. The zero-order chi connectivity index (χ0) is 22.6. The largest absolute Gasteiger partial charge is 0.354 e. The van der Waals surface area contributed by atoms with Gasteiger partial charge >= 0.3 is 0 Å². The SMILES string of the molecule is O=C(NCCS(=O)(=O)N1CCN(c2ccccn2)CC1)[C@@H]1CCCN1C(=O)c1cccs1. The van der Waals surface area contributed by atoms with E-state index in [0.29, 0.717) is 44.0 Å². The molecule has 2 amide bonds. The van der Waals surface area contributed by atoms with Gasteiger partial charge in [0.25, 0.3) is 5.91 Å². The summed E-state index contributed by atoms with van der Waals surface area (Å²) in [5.41, 5.74) is 0. The van der Waals surface area contributed by atoms with Gasteiger partial charge in [-0.25, -0.2) is 13.4 Å². The van der Waals surface area contributed by atoms with Crippen LogP contribution in [-0.2, 0) is 14.8 Å². The number of thiophene rings is 1. The van der Waals surface area contributed by atoms with E-state index in [1.54, 1.807) is 17.2 Å². The van der Waals surface area contributed by atoms with Crippen molar-refractivity contribution in [2.45, 2.75) is 18.9 Å². The number of hydrogen-bond acceptors (Lipinski definition) is 7. The first-order chi connectivity index (χ1) is 15.5. The molecule has 32 heavy (non-hydrogen) atoms. The molecule has 4 heterocycles. The Balaban J connectivity index is 1.25. The number of nitrogens with zero attached hydrogens (tertiary/aromatic N) is 4. The molecule has 2 aromatic rings. The molecule has 1 atom stereocenters. The molecule has 9 nitrogen and oxygen atoms in total. The van der Waals surface area contributed by atoms with Crippen molar-refractivity contribution in [2.24, 2.45) is 0 Å². The van der Waals surface area contributed by atoms with Crippen molar-refractivity contribution in [1.29, 1.82) is 0 Å². The first-order valence-corrected chi connectivity index (χ1v) is 13.2. The van der Waals surface area contributed by atoms with Crippen LogP contribution in [0.5, 0.6) is 0 Å². The minimum absolute atomic E-state index is 0.0269. The van der Waals surface area contributed by atoms with E-state index in [9.17, 15) is 18.0 Å². The number of carbonyl (C=O) groups excluding carboxylic acids is 2. The predicted molar refractivity (Wildman–Crippen MR) is 123 cm³/mol. The molecule has 2 aliphatic rings. The maximum atomic E-state index is 12.7. The van der Waals surface area contributed by atoms with Gasteiger partial charge < -0.3 is 15.1 Å². The van der Waals surface area contributed by atoms with E-state index < -0.39 is 16.1 Å². The average molecular weight is 478 g/mol. The van der Waals surface area contributed by atoms with Gasteiger partial charge in [-0.2, -0.15) is 4.31 Å². The summed E-state index contributed by atoms with van der Waals surface area (Å²) >= 11 is 1.35. The number of likely N-dealkylation sites (tertiary alicyclic amines) is 1. The molecule has 2 aromatic heterocycles. The molecular weight excluding hydrogens is 450 g/mol. The maximum absolute atomic E-state index is 12.7. The van der Waals surface area contributed by atoms with Crippen LogP contribution in [0.3, 0.4) is 0 Å². The van der Waals surface area contributed by atoms with Crippen LogP contribution >= 0.6 is 11.3 Å². The number of carbonyl (C=O) groups is 2. The van der Waals surface area contributed by atoms with Gasteiger partial charge in [0.1, 0.15) is 11.9 Å². The van der Waals surface area contributed by atoms with Gasteiger partial charge in [-0.05, 0) is 36.4 Å². The van der Waals surface area contributed by atoms with Crippen LogP contribution in [0.25, 0.3) is 0 Å². The topological polar surface area (TPSA) is 103 Å². The Morgan fingerprint density at radius 2 is 1.91 bits per heavy atom. The molecule has 0 radical (unpaired) electrons. The van der Waals surface area contributed by atoms with E-state index in [2.05, 4.69) is 15.2 Å². The van der Waals surface area contributed by atoms with Gasteiger partial charge in [0.05, 0.1) is 10.6 Å². The van der Waals surface area contributed by atoms with Crippen molar-refractivity contribution >= 4 is 39.0 Å². The average Bonchev–Trinajstić information content (AvgIpc) is 3.52. The number of amides is 2. The molecule has 1 N–H and O–H groups in total. The number of pyridine rings is 1. The second kappa shape index (κ2) is 9.97. The van der Waals surface area contributed by atoms with E-state index in [-0.39, 0.29) is 24.1 Å². The highest BCUT2D eigenvalue weighted by Gasteiger charge is 2.35. The van der Waals surface area contributed by atoms with E-state index in [4.69, 9.17) is 0 Å². The zero-order valence-electron chi connectivity index (χ0n) is 17.7. The normalized spacial score (nSPS) is 19.8.